The topological polar surface area (TPSA) is 89.3 Å². The lowest BCUT2D eigenvalue weighted by Crippen LogP contribution is -2.31. The van der Waals surface area contributed by atoms with E-state index >= 15 is 0 Å². The number of thiophene rings is 1. The van der Waals surface area contributed by atoms with Gasteiger partial charge in [-0.25, -0.2) is 9.97 Å². The lowest BCUT2D eigenvalue weighted by Gasteiger charge is -2.10. The number of nitrogens with zero attached hydrogens (tertiary/aromatic N) is 2. The van der Waals surface area contributed by atoms with E-state index in [1.165, 1.54) is 17.7 Å². The van der Waals surface area contributed by atoms with E-state index in [1.807, 2.05) is 19.1 Å². The average Bonchev–Trinajstić information content (AvgIpc) is 3.40. The van der Waals surface area contributed by atoms with Crippen molar-refractivity contribution in [2.24, 2.45) is 0 Å². The molecule has 1 aliphatic heterocycles. The molecule has 136 valence electrons. The summed E-state index contributed by atoms with van der Waals surface area (Å²) in [6.07, 6.45) is 5.33. The minimum absolute atomic E-state index is 0.0852. The number of fused-ring (bicyclic) bond motifs is 1. The van der Waals surface area contributed by atoms with Crippen LogP contribution in [0, 0.1) is 6.92 Å². The number of nitrogens with one attached hydrogen (secondary N) is 2. The van der Waals surface area contributed by atoms with Crippen molar-refractivity contribution in [1.82, 2.24) is 15.3 Å². The number of furan rings is 1. The van der Waals surface area contributed by atoms with Crippen LogP contribution >= 0.6 is 11.3 Å². The maximum absolute atomic E-state index is 12.6. The second-order valence-electron chi connectivity index (χ2n) is 6.24. The Hall–Kier alpha value is -2.45. The van der Waals surface area contributed by atoms with Crippen LogP contribution in [0.1, 0.15) is 33.8 Å². The summed E-state index contributed by atoms with van der Waals surface area (Å²) in [5, 5.41) is 7.13. The van der Waals surface area contributed by atoms with E-state index in [9.17, 15) is 4.79 Å². The molecule has 1 aliphatic rings. The van der Waals surface area contributed by atoms with E-state index in [4.69, 9.17) is 9.15 Å². The highest BCUT2D eigenvalue weighted by Gasteiger charge is 2.21. The summed E-state index contributed by atoms with van der Waals surface area (Å²) >= 11 is 1.38. The number of aryl methyl sites for hydroxylation is 1. The summed E-state index contributed by atoms with van der Waals surface area (Å²) in [6.45, 7) is 3.78. The standard InChI is InChI=1S/C18H20N4O3S/c1-11-14-16(19-8-12-4-2-6-24-12)21-10-22-18(14)26-15(11)17(23)20-9-13-5-3-7-25-13/h2,4,6,10,13H,3,5,7-9H2,1H3,(H,20,23)(H,19,21,22). The van der Waals surface area contributed by atoms with Gasteiger partial charge in [0.2, 0.25) is 0 Å². The van der Waals surface area contributed by atoms with Crippen molar-refractivity contribution < 1.29 is 13.9 Å². The third kappa shape index (κ3) is 3.42. The fourth-order valence-electron chi connectivity index (χ4n) is 3.10. The zero-order valence-corrected chi connectivity index (χ0v) is 15.3. The maximum atomic E-state index is 12.6. The number of aromatic nitrogens is 2. The minimum atomic E-state index is -0.0852. The summed E-state index contributed by atoms with van der Waals surface area (Å²) in [4.78, 5) is 22.7. The zero-order chi connectivity index (χ0) is 17.9. The molecule has 0 saturated carbocycles. The van der Waals surface area contributed by atoms with E-state index in [0.29, 0.717) is 23.8 Å². The first-order valence-corrected chi connectivity index (χ1v) is 9.44. The summed E-state index contributed by atoms with van der Waals surface area (Å²) in [6, 6.07) is 3.74. The number of carbonyl (C=O) groups excluding carboxylic acids is 1. The van der Waals surface area contributed by atoms with Crippen LogP contribution in [0.5, 0.6) is 0 Å². The fraction of sp³-hybridized carbons (Fsp3) is 0.389. The molecule has 0 aliphatic carbocycles. The minimum Gasteiger partial charge on any atom is -0.467 e. The maximum Gasteiger partial charge on any atom is 0.261 e. The third-order valence-electron chi connectivity index (χ3n) is 4.46. The molecule has 2 N–H and O–H groups in total. The smallest absolute Gasteiger partial charge is 0.261 e. The van der Waals surface area contributed by atoms with Gasteiger partial charge in [-0.2, -0.15) is 0 Å². The lowest BCUT2D eigenvalue weighted by atomic mass is 10.2. The van der Waals surface area contributed by atoms with Crippen LogP contribution in [0.4, 0.5) is 5.82 Å². The first kappa shape index (κ1) is 17.0. The Kier molecular flexibility index (Phi) is 4.85. The molecule has 0 bridgehead atoms. The predicted molar refractivity (Wildman–Crippen MR) is 99.5 cm³/mol. The van der Waals surface area contributed by atoms with Crippen LogP contribution < -0.4 is 10.6 Å². The SMILES string of the molecule is Cc1c(C(=O)NCC2CCCO2)sc2ncnc(NCc3ccco3)c12. The van der Waals surface area contributed by atoms with Gasteiger partial charge in [-0.3, -0.25) is 4.79 Å². The van der Waals surface area contributed by atoms with Crippen LogP contribution in [0.15, 0.2) is 29.1 Å². The van der Waals surface area contributed by atoms with E-state index < -0.39 is 0 Å². The number of anilines is 1. The Balaban J connectivity index is 1.53. The van der Waals surface area contributed by atoms with Gasteiger partial charge < -0.3 is 19.8 Å². The van der Waals surface area contributed by atoms with Crippen molar-refractivity contribution in [1.29, 1.82) is 0 Å². The Labute approximate surface area is 154 Å². The van der Waals surface area contributed by atoms with Crippen molar-refractivity contribution in [2.45, 2.75) is 32.4 Å². The van der Waals surface area contributed by atoms with E-state index in [-0.39, 0.29) is 12.0 Å². The number of hydrogen-bond donors (Lipinski definition) is 2. The molecule has 3 aromatic rings. The molecule has 1 saturated heterocycles. The van der Waals surface area contributed by atoms with Gasteiger partial charge in [0.25, 0.3) is 5.91 Å². The summed E-state index contributed by atoms with van der Waals surface area (Å²) < 4.78 is 10.9. The quantitative estimate of drug-likeness (QED) is 0.691. The molecule has 1 unspecified atom stereocenters. The van der Waals surface area contributed by atoms with Gasteiger partial charge in [-0.05, 0) is 37.5 Å². The van der Waals surface area contributed by atoms with Crippen LogP contribution in [-0.4, -0.2) is 35.1 Å². The highest BCUT2D eigenvalue weighted by Crippen LogP contribution is 2.33. The molecular weight excluding hydrogens is 352 g/mol. The molecule has 1 atom stereocenters. The molecule has 8 heteroatoms. The van der Waals surface area contributed by atoms with Gasteiger partial charge >= 0.3 is 0 Å². The van der Waals surface area contributed by atoms with Crippen LogP contribution in [0.2, 0.25) is 0 Å². The third-order valence-corrected chi connectivity index (χ3v) is 5.66. The first-order chi connectivity index (χ1) is 12.7. The van der Waals surface area contributed by atoms with Crippen molar-refractivity contribution >= 4 is 33.3 Å². The number of ether oxygens (including phenoxy) is 1. The van der Waals surface area contributed by atoms with Crippen LogP contribution in [0.25, 0.3) is 10.2 Å². The Morgan fingerprint density at radius 3 is 3.12 bits per heavy atom. The van der Waals surface area contributed by atoms with Gasteiger partial charge in [0, 0.05) is 13.2 Å². The molecule has 4 heterocycles. The van der Waals surface area contributed by atoms with E-state index in [2.05, 4.69) is 20.6 Å². The average molecular weight is 372 g/mol. The number of amides is 1. The molecule has 3 aromatic heterocycles. The van der Waals surface area contributed by atoms with Crippen LogP contribution in [-0.2, 0) is 11.3 Å². The van der Waals surface area contributed by atoms with Crippen molar-refractivity contribution in [2.75, 3.05) is 18.5 Å². The molecule has 1 fully saturated rings. The van der Waals surface area contributed by atoms with E-state index in [0.717, 1.165) is 41.0 Å². The number of rotatable bonds is 6. The van der Waals surface area contributed by atoms with Crippen molar-refractivity contribution in [3.8, 4) is 0 Å². The molecular formula is C18H20N4O3S. The van der Waals surface area contributed by atoms with Crippen molar-refractivity contribution in [3.63, 3.8) is 0 Å². The predicted octanol–water partition coefficient (Wildman–Crippen LogP) is 3.11. The molecule has 26 heavy (non-hydrogen) atoms. The highest BCUT2D eigenvalue weighted by atomic mass is 32.1. The summed E-state index contributed by atoms with van der Waals surface area (Å²) in [7, 11) is 0. The van der Waals surface area contributed by atoms with Crippen molar-refractivity contribution in [3.05, 3.63) is 40.9 Å². The lowest BCUT2D eigenvalue weighted by molar-refractivity contribution is 0.0860. The highest BCUT2D eigenvalue weighted by molar-refractivity contribution is 7.20. The first-order valence-electron chi connectivity index (χ1n) is 8.62. The van der Waals surface area contributed by atoms with Gasteiger partial charge in [0.1, 0.15) is 22.7 Å². The summed E-state index contributed by atoms with van der Waals surface area (Å²) in [5.74, 6) is 1.44. The second kappa shape index (κ2) is 7.43. The Bertz CT molecular complexity index is 901. The summed E-state index contributed by atoms with van der Waals surface area (Å²) in [5.41, 5.74) is 0.886. The van der Waals surface area contributed by atoms with Gasteiger partial charge in [-0.1, -0.05) is 0 Å². The second-order valence-corrected chi connectivity index (χ2v) is 7.24. The molecule has 4 rings (SSSR count). The molecule has 0 spiro atoms. The van der Waals surface area contributed by atoms with Gasteiger partial charge in [-0.15, -0.1) is 11.3 Å². The van der Waals surface area contributed by atoms with Gasteiger partial charge in [0.05, 0.1) is 29.2 Å². The Morgan fingerprint density at radius 2 is 2.35 bits per heavy atom. The molecule has 0 radical (unpaired) electrons. The largest absolute Gasteiger partial charge is 0.467 e. The Morgan fingerprint density at radius 1 is 1.42 bits per heavy atom. The molecule has 1 amide bonds. The zero-order valence-electron chi connectivity index (χ0n) is 14.4. The number of carbonyl (C=O) groups is 1. The number of hydrogen-bond acceptors (Lipinski definition) is 7. The monoisotopic (exact) mass is 372 g/mol. The van der Waals surface area contributed by atoms with E-state index in [1.54, 1.807) is 6.26 Å². The molecule has 7 nitrogen and oxygen atoms in total. The fourth-order valence-corrected chi connectivity index (χ4v) is 4.16. The van der Waals surface area contributed by atoms with Gasteiger partial charge in [0.15, 0.2) is 0 Å². The normalized spacial score (nSPS) is 16.9. The van der Waals surface area contributed by atoms with Crippen LogP contribution in [0.3, 0.4) is 0 Å². The molecule has 0 aromatic carbocycles.